The van der Waals surface area contributed by atoms with E-state index in [1.807, 2.05) is 0 Å². The third-order valence-electron chi connectivity index (χ3n) is 3.52. The monoisotopic (exact) mass is 226 g/mol. The van der Waals surface area contributed by atoms with Gasteiger partial charge in [-0.3, -0.25) is 0 Å². The Hall–Kier alpha value is -0.120. The molecule has 1 saturated heterocycles. The van der Waals surface area contributed by atoms with Gasteiger partial charge in [-0.05, 0) is 58.7 Å². The molecule has 0 aromatic rings. The third kappa shape index (κ3) is 4.81. The average Bonchev–Trinajstić information content (AvgIpc) is 3.10. The van der Waals surface area contributed by atoms with E-state index in [-0.39, 0.29) is 0 Å². The molecule has 0 radical (unpaired) electrons. The molecular formula is C13H26N2O. The Morgan fingerprint density at radius 3 is 2.81 bits per heavy atom. The van der Waals surface area contributed by atoms with Gasteiger partial charge in [-0.2, -0.15) is 0 Å². The molecule has 2 aliphatic rings. The lowest BCUT2D eigenvalue weighted by Gasteiger charge is -2.27. The highest BCUT2D eigenvalue weighted by Gasteiger charge is 2.19. The second kappa shape index (κ2) is 6.58. The first kappa shape index (κ1) is 12.3. The third-order valence-corrected chi connectivity index (χ3v) is 3.52. The SMILES string of the molecule is CN(CCCNC1CC1)CC1CCCCO1. The van der Waals surface area contributed by atoms with Crippen LogP contribution in [-0.4, -0.2) is 50.3 Å². The Kier molecular flexibility index (Phi) is 5.07. The predicted molar refractivity (Wildman–Crippen MR) is 66.7 cm³/mol. The lowest BCUT2D eigenvalue weighted by Crippen LogP contribution is -2.34. The number of likely N-dealkylation sites (N-methyl/N-ethyl adjacent to an activating group) is 1. The minimum atomic E-state index is 0.496. The van der Waals surface area contributed by atoms with Crippen LogP contribution < -0.4 is 5.32 Å². The smallest absolute Gasteiger partial charge is 0.0701 e. The van der Waals surface area contributed by atoms with Gasteiger partial charge < -0.3 is 15.0 Å². The van der Waals surface area contributed by atoms with Crippen LogP contribution in [0.2, 0.25) is 0 Å². The molecule has 1 aliphatic heterocycles. The van der Waals surface area contributed by atoms with Crippen LogP contribution in [0.5, 0.6) is 0 Å². The molecule has 1 saturated carbocycles. The highest BCUT2D eigenvalue weighted by Crippen LogP contribution is 2.18. The molecule has 94 valence electrons. The second-order valence-corrected chi connectivity index (χ2v) is 5.33. The van der Waals surface area contributed by atoms with Crippen LogP contribution in [0.1, 0.15) is 38.5 Å². The summed E-state index contributed by atoms with van der Waals surface area (Å²) in [6, 6.07) is 0.854. The van der Waals surface area contributed by atoms with Crippen LogP contribution in [0.15, 0.2) is 0 Å². The summed E-state index contributed by atoms with van der Waals surface area (Å²) < 4.78 is 5.75. The van der Waals surface area contributed by atoms with Gasteiger partial charge in [-0.25, -0.2) is 0 Å². The van der Waals surface area contributed by atoms with Crippen molar-refractivity contribution < 1.29 is 4.74 Å². The van der Waals surface area contributed by atoms with E-state index in [0.717, 1.165) is 19.2 Å². The summed E-state index contributed by atoms with van der Waals surface area (Å²) in [5.41, 5.74) is 0. The predicted octanol–water partition coefficient (Wildman–Crippen LogP) is 1.63. The maximum absolute atomic E-state index is 5.75. The van der Waals surface area contributed by atoms with Gasteiger partial charge in [-0.15, -0.1) is 0 Å². The molecule has 1 heterocycles. The number of hydrogen-bond acceptors (Lipinski definition) is 3. The lowest BCUT2D eigenvalue weighted by atomic mass is 10.1. The van der Waals surface area contributed by atoms with Gasteiger partial charge in [0.1, 0.15) is 0 Å². The first-order chi connectivity index (χ1) is 7.84. The van der Waals surface area contributed by atoms with Crippen molar-refractivity contribution in [3.63, 3.8) is 0 Å². The summed E-state index contributed by atoms with van der Waals surface area (Å²) in [4.78, 5) is 2.42. The van der Waals surface area contributed by atoms with E-state index in [2.05, 4.69) is 17.3 Å². The van der Waals surface area contributed by atoms with E-state index < -0.39 is 0 Å². The molecule has 16 heavy (non-hydrogen) atoms. The first-order valence-corrected chi connectivity index (χ1v) is 6.88. The normalized spacial score (nSPS) is 26.2. The van der Waals surface area contributed by atoms with E-state index in [1.165, 1.54) is 51.6 Å². The Bertz CT molecular complexity index is 188. The molecule has 0 aromatic carbocycles. The van der Waals surface area contributed by atoms with E-state index in [1.54, 1.807) is 0 Å². The molecule has 0 aromatic heterocycles. The number of rotatable bonds is 7. The van der Waals surface area contributed by atoms with Gasteiger partial charge in [0.2, 0.25) is 0 Å². The summed E-state index contributed by atoms with van der Waals surface area (Å²) in [6.07, 6.45) is 8.41. The summed E-state index contributed by atoms with van der Waals surface area (Å²) in [5.74, 6) is 0. The first-order valence-electron chi connectivity index (χ1n) is 6.88. The quantitative estimate of drug-likeness (QED) is 0.668. The van der Waals surface area contributed by atoms with Crippen LogP contribution in [0.3, 0.4) is 0 Å². The largest absolute Gasteiger partial charge is 0.377 e. The van der Waals surface area contributed by atoms with Crippen molar-refractivity contribution in [1.82, 2.24) is 10.2 Å². The van der Waals surface area contributed by atoms with Crippen molar-refractivity contribution in [2.24, 2.45) is 0 Å². The molecule has 1 N–H and O–H groups in total. The minimum Gasteiger partial charge on any atom is -0.377 e. The standard InChI is InChI=1S/C13H26N2O/c1-15(9-4-8-14-12-6-7-12)11-13-5-2-3-10-16-13/h12-14H,2-11H2,1H3. The number of ether oxygens (including phenoxy) is 1. The molecule has 1 unspecified atom stereocenters. The zero-order valence-corrected chi connectivity index (χ0v) is 10.6. The van der Waals surface area contributed by atoms with Gasteiger partial charge in [0.15, 0.2) is 0 Å². The molecule has 0 bridgehead atoms. The van der Waals surface area contributed by atoms with Gasteiger partial charge in [-0.1, -0.05) is 0 Å². The summed E-state index contributed by atoms with van der Waals surface area (Å²) in [7, 11) is 2.22. The van der Waals surface area contributed by atoms with Crippen molar-refractivity contribution in [3.8, 4) is 0 Å². The highest BCUT2D eigenvalue weighted by atomic mass is 16.5. The van der Waals surface area contributed by atoms with E-state index in [4.69, 9.17) is 4.74 Å². The van der Waals surface area contributed by atoms with Crippen molar-refractivity contribution in [2.45, 2.75) is 50.7 Å². The van der Waals surface area contributed by atoms with Crippen LogP contribution >= 0.6 is 0 Å². The van der Waals surface area contributed by atoms with Gasteiger partial charge in [0.05, 0.1) is 6.10 Å². The molecule has 3 heteroatoms. The summed E-state index contributed by atoms with van der Waals surface area (Å²) >= 11 is 0. The molecule has 3 nitrogen and oxygen atoms in total. The van der Waals surface area contributed by atoms with Crippen molar-refractivity contribution in [3.05, 3.63) is 0 Å². The lowest BCUT2D eigenvalue weighted by molar-refractivity contribution is -0.00152. The van der Waals surface area contributed by atoms with Crippen molar-refractivity contribution in [2.75, 3.05) is 33.3 Å². The fourth-order valence-electron chi connectivity index (χ4n) is 2.33. The molecule has 2 rings (SSSR count). The molecule has 1 aliphatic carbocycles. The van der Waals surface area contributed by atoms with Crippen molar-refractivity contribution >= 4 is 0 Å². The fourth-order valence-corrected chi connectivity index (χ4v) is 2.33. The average molecular weight is 226 g/mol. The Morgan fingerprint density at radius 2 is 2.12 bits per heavy atom. The summed E-state index contributed by atoms with van der Waals surface area (Å²) in [6.45, 7) is 4.46. The van der Waals surface area contributed by atoms with Crippen LogP contribution in [0, 0.1) is 0 Å². The number of hydrogen-bond donors (Lipinski definition) is 1. The maximum Gasteiger partial charge on any atom is 0.0701 e. The Balaban J connectivity index is 1.47. The molecule has 2 fully saturated rings. The highest BCUT2D eigenvalue weighted by molar-refractivity contribution is 4.80. The number of nitrogens with one attached hydrogen (secondary N) is 1. The van der Waals surface area contributed by atoms with Gasteiger partial charge in [0.25, 0.3) is 0 Å². The fraction of sp³-hybridized carbons (Fsp3) is 1.00. The molecular weight excluding hydrogens is 200 g/mol. The molecule has 0 amide bonds. The topological polar surface area (TPSA) is 24.5 Å². The van der Waals surface area contributed by atoms with Crippen LogP contribution in [-0.2, 0) is 4.74 Å². The van der Waals surface area contributed by atoms with Gasteiger partial charge in [0, 0.05) is 19.2 Å². The Morgan fingerprint density at radius 1 is 1.25 bits per heavy atom. The van der Waals surface area contributed by atoms with Crippen LogP contribution in [0.25, 0.3) is 0 Å². The van der Waals surface area contributed by atoms with E-state index in [9.17, 15) is 0 Å². The van der Waals surface area contributed by atoms with Crippen molar-refractivity contribution in [1.29, 1.82) is 0 Å². The second-order valence-electron chi connectivity index (χ2n) is 5.33. The minimum absolute atomic E-state index is 0.496. The zero-order chi connectivity index (χ0) is 11.2. The van der Waals surface area contributed by atoms with E-state index in [0.29, 0.717) is 6.10 Å². The van der Waals surface area contributed by atoms with E-state index >= 15 is 0 Å². The Labute approximate surface area is 99.5 Å². The molecule has 1 atom stereocenters. The zero-order valence-electron chi connectivity index (χ0n) is 10.6. The molecule has 0 spiro atoms. The maximum atomic E-state index is 5.75. The van der Waals surface area contributed by atoms with Crippen LogP contribution in [0.4, 0.5) is 0 Å². The summed E-state index contributed by atoms with van der Waals surface area (Å²) in [5, 5.41) is 3.56. The number of nitrogens with zero attached hydrogens (tertiary/aromatic N) is 1. The van der Waals surface area contributed by atoms with Gasteiger partial charge >= 0.3 is 0 Å².